The lowest BCUT2D eigenvalue weighted by atomic mass is 10.6. The molecule has 0 bridgehead atoms. The van der Waals surface area contributed by atoms with E-state index >= 15 is 0 Å². The van der Waals surface area contributed by atoms with Crippen LogP contribution in [0.25, 0.3) is 0 Å². The van der Waals surface area contributed by atoms with Crippen molar-refractivity contribution in [1.29, 1.82) is 0 Å². The van der Waals surface area contributed by atoms with Crippen LogP contribution in [-0.4, -0.2) is 25.2 Å². The molecule has 0 heterocycles. The quantitative estimate of drug-likeness (QED) is 0.520. The molecule has 1 rings (SSSR count). The van der Waals surface area contributed by atoms with Gasteiger partial charge in [0, 0.05) is 0 Å². The molecule has 1 aliphatic carbocycles. The summed E-state index contributed by atoms with van der Waals surface area (Å²) in [4.78, 5) is 0. The van der Waals surface area contributed by atoms with Gasteiger partial charge in [0.1, 0.15) is 0 Å². The predicted molar refractivity (Wildman–Crippen MR) is 54.3 cm³/mol. The van der Waals surface area contributed by atoms with E-state index in [0.717, 1.165) is 0 Å². The standard InChI is InChI=1S/C5Cl6F4O/c6-1(12)2(7,13)3(1,8)16-5(11,15)4(9,10)14. The lowest BCUT2D eigenvalue weighted by Gasteiger charge is -2.26. The molecule has 3 atom stereocenters. The van der Waals surface area contributed by atoms with Crippen molar-refractivity contribution in [2.24, 2.45) is 0 Å². The summed E-state index contributed by atoms with van der Waals surface area (Å²) in [6.07, 6.45) is 0. The molecule has 0 spiro atoms. The number of rotatable bonds is 3. The molecular formula is C5Cl6F4O. The van der Waals surface area contributed by atoms with E-state index in [-0.39, 0.29) is 0 Å². The summed E-state index contributed by atoms with van der Waals surface area (Å²) in [5.74, 6) is 0. The number of alkyl halides is 10. The summed E-state index contributed by atoms with van der Waals surface area (Å²) in [5, 5.41) is -14.4. The fourth-order valence-electron chi connectivity index (χ4n) is 0.726. The van der Waals surface area contributed by atoms with Crippen molar-refractivity contribution in [3.05, 3.63) is 0 Å². The number of hydrogen-bond donors (Lipinski definition) is 0. The first-order chi connectivity index (χ1) is 6.71. The molecule has 0 aliphatic heterocycles. The van der Waals surface area contributed by atoms with Gasteiger partial charge < -0.3 is 0 Å². The minimum atomic E-state index is -4.05. The van der Waals surface area contributed by atoms with E-state index in [1.807, 2.05) is 0 Å². The van der Waals surface area contributed by atoms with Crippen molar-refractivity contribution < 1.29 is 22.3 Å². The number of ether oxygens (including phenoxy) is 1. The molecule has 0 saturated heterocycles. The molecule has 96 valence electrons. The van der Waals surface area contributed by atoms with Crippen molar-refractivity contribution in [2.45, 2.75) is 25.2 Å². The molecule has 0 N–H and O–H groups in total. The van der Waals surface area contributed by atoms with Gasteiger partial charge in [-0.3, -0.25) is 4.74 Å². The minimum Gasteiger partial charge on any atom is -0.297 e. The maximum absolute atomic E-state index is 13.2. The largest absolute Gasteiger partial charge is 0.352 e. The second-order valence-corrected chi connectivity index (χ2v) is 6.16. The second kappa shape index (κ2) is 3.71. The first kappa shape index (κ1) is 15.5. The van der Waals surface area contributed by atoms with Crippen LogP contribution in [0, 0.1) is 0 Å². The molecule has 1 nitrogen and oxygen atoms in total. The van der Waals surface area contributed by atoms with Crippen LogP contribution >= 0.6 is 69.6 Å². The van der Waals surface area contributed by atoms with Crippen LogP contribution in [-0.2, 0) is 4.74 Å². The van der Waals surface area contributed by atoms with Gasteiger partial charge in [0.25, 0.3) is 15.3 Å². The Morgan fingerprint density at radius 2 is 1.19 bits per heavy atom. The predicted octanol–water partition coefficient (Wildman–Crippen LogP) is 4.72. The Balaban J connectivity index is 2.94. The monoisotopic (exact) mass is 362 g/mol. The highest BCUT2D eigenvalue weighted by molar-refractivity contribution is 6.52. The van der Waals surface area contributed by atoms with Crippen LogP contribution in [0.1, 0.15) is 0 Å². The molecule has 0 radical (unpaired) electrons. The van der Waals surface area contributed by atoms with Gasteiger partial charge in [0.15, 0.2) is 0 Å². The van der Waals surface area contributed by atoms with Crippen molar-refractivity contribution in [1.82, 2.24) is 0 Å². The Bertz CT molecular complexity index is 299. The van der Waals surface area contributed by atoms with Gasteiger partial charge >= 0.3 is 9.90 Å². The van der Waals surface area contributed by atoms with Crippen molar-refractivity contribution in [3.63, 3.8) is 0 Å². The number of halogens is 10. The molecule has 1 aliphatic rings. The zero-order valence-corrected chi connectivity index (χ0v) is 11.2. The lowest BCUT2D eigenvalue weighted by Crippen LogP contribution is -2.41. The van der Waals surface area contributed by atoms with Gasteiger partial charge in [-0.05, 0) is 11.6 Å². The van der Waals surface area contributed by atoms with Crippen molar-refractivity contribution >= 4 is 69.6 Å². The summed E-state index contributed by atoms with van der Waals surface area (Å²) in [6, 6.07) is 0. The fourth-order valence-corrected chi connectivity index (χ4v) is 1.93. The SMILES string of the molecule is FC(Cl)(Cl)C(F)(Cl)OC1(Cl)C(F)(Cl)C1(F)Cl. The van der Waals surface area contributed by atoms with Crippen LogP contribution in [0.4, 0.5) is 17.6 Å². The van der Waals surface area contributed by atoms with E-state index in [1.54, 1.807) is 0 Å². The molecule has 0 aromatic heterocycles. The minimum absolute atomic E-state index is 3.26. The van der Waals surface area contributed by atoms with Crippen molar-refractivity contribution in [3.8, 4) is 0 Å². The summed E-state index contributed by atoms with van der Waals surface area (Å²) in [6.45, 7) is 0. The zero-order valence-electron chi connectivity index (χ0n) is 6.69. The van der Waals surface area contributed by atoms with E-state index in [1.165, 1.54) is 0 Å². The van der Waals surface area contributed by atoms with Gasteiger partial charge in [-0.15, -0.1) is 0 Å². The van der Waals surface area contributed by atoms with Crippen LogP contribution in [0.2, 0.25) is 0 Å². The molecule has 3 unspecified atom stereocenters. The van der Waals surface area contributed by atoms with Crippen LogP contribution in [0.15, 0.2) is 0 Å². The maximum atomic E-state index is 13.2. The Hall–Kier alpha value is 1.42. The summed E-state index contributed by atoms with van der Waals surface area (Å²) >= 11 is 28.7. The third-order valence-electron chi connectivity index (χ3n) is 1.74. The van der Waals surface area contributed by atoms with Gasteiger partial charge in [0.05, 0.1) is 0 Å². The van der Waals surface area contributed by atoms with Gasteiger partial charge in [0.2, 0.25) is 0 Å². The fraction of sp³-hybridized carbons (Fsp3) is 1.00. The van der Waals surface area contributed by atoms with Crippen molar-refractivity contribution in [2.75, 3.05) is 0 Å². The molecule has 16 heavy (non-hydrogen) atoms. The zero-order chi connectivity index (χ0) is 13.2. The molecule has 11 heteroatoms. The Morgan fingerprint density at radius 3 is 1.38 bits per heavy atom. The maximum Gasteiger partial charge on any atom is 0.352 e. The third-order valence-corrected chi connectivity index (χ3v) is 4.70. The summed E-state index contributed by atoms with van der Waals surface area (Å²) < 4.78 is 52.1. The summed E-state index contributed by atoms with van der Waals surface area (Å²) in [5.41, 5.74) is 0. The number of hydrogen-bond acceptors (Lipinski definition) is 1. The molecule has 1 saturated carbocycles. The molecule has 0 amide bonds. The Morgan fingerprint density at radius 1 is 0.875 bits per heavy atom. The van der Waals surface area contributed by atoms with Crippen LogP contribution < -0.4 is 0 Å². The highest BCUT2D eigenvalue weighted by Gasteiger charge is 2.95. The Labute approximate surface area is 117 Å². The summed E-state index contributed by atoms with van der Waals surface area (Å²) in [7, 11) is 0. The van der Waals surface area contributed by atoms with Crippen LogP contribution in [0.3, 0.4) is 0 Å². The topological polar surface area (TPSA) is 9.23 Å². The first-order valence-electron chi connectivity index (χ1n) is 3.30. The third kappa shape index (κ3) is 1.87. The molecular weight excluding hydrogens is 365 g/mol. The normalized spacial score (nSPS) is 47.6. The highest BCUT2D eigenvalue weighted by atomic mass is 35.5. The lowest BCUT2D eigenvalue weighted by molar-refractivity contribution is -0.149. The van der Waals surface area contributed by atoms with E-state index < -0.39 is 25.2 Å². The van der Waals surface area contributed by atoms with Gasteiger partial charge in [-0.1, -0.05) is 58.0 Å². The molecule has 0 aromatic carbocycles. The van der Waals surface area contributed by atoms with E-state index in [4.69, 9.17) is 46.4 Å². The van der Waals surface area contributed by atoms with E-state index in [9.17, 15) is 17.6 Å². The van der Waals surface area contributed by atoms with E-state index in [0.29, 0.717) is 0 Å². The first-order valence-corrected chi connectivity index (χ1v) is 5.57. The van der Waals surface area contributed by atoms with Gasteiger partial charge in [-0.25, -0.2) is 8.78 Å². The Kier molecular flexibility index (Phi) is 3.59. The van der Waals surface area contributed by atoms with Crippen LogP contribution in [0.5, 0.6) is 0 Å². The molecule has 1 fully saturated rings. The average molecular weight is 365 g/mol. The smallest absolute Gasteiger partial charge is 0.297 e. The highest BCUT2D eigenvalue weighted by Crippen LogP contribution is 2.74. The van der Waals surface area contributed by atoms with E-state index in [2.05, 4.69) is 27.9 Å². The second-order valence-electron chi connectivity index (χ2n) is 2.86. The average Bonchev–Trinajstić information content (AvgIpc) is 2.25. The molecule has 0 aromatic rings. The van der Waals surface area contributed by atoms with Gasteiger partial charge in [-0.2, -0.15) is 8.78 Å².